The normalized spacial score (nSPS) is 30.2. The van der Waals surface area contributed by atoms with E-state index in [0.29, 0.717) is 0 Å². The van der Waals surface area contributed by atoms with Crippen LogP contribution >= 0.6 is 0 Å². The van der Waals surface area contributed by atoms with Gasteiger partial charge in [0, 0.05) is 31.7 Å². The lowest BCUT2D eigenvalue weighted by atomic mass is 10.2. The summed E-state index contributed by atoms with van der Waals surface area (Å²) in [4.78, 5) is 5.07. The molecule has 3 nitrogen and oxygen atoms in total. The van der Waals surface area contributed by atoms with E-state index in [1.165, 1.54) is 32.4 Å². The Labute approximate surface area is 80.9 Å². The first-order valence-electron chi connectivity index (χ1n) is 5.45. The van der Waals surface area contributed by atoms with E-state index in [4.69, 9.17) is 5.73 Å². The van der Waals surface area contributed by atoms with Gasteiger partial charge in [0.15, 0.2) is 0 Å². The van der Waals surface area contributed by atoms with Crippen molar-refractivity contribution in [3.63, 3.8) is 0 Å². The van der Waals surface area contributed by atoms with E-state index in [1.54, 1.807) is 0 Å². The van der Waals surface area contributed by atoms with Crippen molar-refractivity contribution >= 4 is 0 Å². The van der Waals surface area contributed by atoms with Gasteiger partial charge in [-0.15, -0.1) is 0 Å². The van der Waals surface area contributed by atoms with E-state index >= 15 is 0 Å². The standard InChI is InChI=1S/C10H21N3/c1-12(9-2-3-9)10-4-6-13(8-10)7-5-11/h9-10H,2-8,11H2,1H3/t10-/m1/s1. The molecular formula is C10H21N3. The number of nitrogens with zero attached hydrogens (tertiary/aromatic N) is 2. The summed E-state index contributed by atoms with van der Waals surface area (Å²) in [5, 5.41) is 0. The summed E-state index contributed by atoms with van der Waals surface area (Å²) in [6, 6.07) is 1.71. The van der Waals surface area contributed by atoms with Crippen LogP contribution in [0.3, 0.4) is 0 Å². The lowest BCUT2D eigenvalue weighted by molar-refractivity contribution is 0.225. The number of nitrogens with two attached hydrogens (primary N) is 1. The topological polar surface area (TPSA) is 32.5 Å². The van der Waals surface area contributed by atoms with Crippen LogP contribution in [0.25, 0.3) is 0 Å². The number of hydrogen-bond acceptors (Lipinski definition) is 3. The lowest BCUT2D eigenvalue weighted by Crippen LogP contribution is -2.37. The van der Waals surface area contributed by atoms with Crippen LogP contribution < -0.4 is 5.73 Å². The van der Waals surface area contributed by atoms with E-state index in [1.807, 2.05) is 0 Å². The summed E-state index contributed by atoms with van der Waals surface area (Å²) in [6.07, 6.45) is 4.18. The summed E-state index contributed by atoms with van der Waals surface area (Å²) in [6.45, 7) is 4.37. The SMILES string of the molecule is CN(C1CC1)[C@@H]1CCN(CCN)C1. The number of hydrogen-bond donors (Lipinski definition) is 1. The van der Waals surface area contributed by atoms with Crippen LogP contribution in [0.5, 0.6) is 0 Å². The molecule has 3 heteroatoms. The predicted octanol–water partition coefficient (Wildman–Crippen LogP) is 0.114. The van der Waals surface area contributed by atoms with Crippen molar-refractivity contribution in [2.75, 3.05) is 33.2 Å². The van der Waals surface area contributed by atoms with E-state index in [2.05, 4.69) is 16.8 Å². The highest BCUT2D eigenvalue weighted by Crippen LogP contribution is 2.29. The second-order valence-electron chi connectivity index (χ2n) is 4.43. The summed E-state index contributed by atoms with van der Waals surface area (Å²) < 4.78 is 0. The highest BCUT2D eigenvalue weighted by Gasteiger charge is 2.34. The minimum atomic E-state index is 0.805. The minimum absolute atomic E-state index is 0.805. The number of likely N-dealkylation sites (N-methyl/N-ethyl adjacent to an activating group) is 1. The molecule has 1 saturated carbocycles. The van der Waals surface area contributed by atoms with E-state index in [-0.39, 0.29) is 0 Å². The highest BCUT2D eigenvalue weighted by atomic mass is 15.3. The van der Waals surface area contributed by atoms with Gasteiger partial charge in [-0.1, -0.05) is 0 Å². The molecule has 0 aromatic rings. The smallest absolute Gasteiger partial charge is 0.0235 e. The lowest BCUT2D eigenvalue weighted by Gasteiger charge is -2.24. The first-order chi connectivity index (χ1) is 6.31. The molecule has 13 heavy (non-hydrogen) atoms. The Bertz CT molecular complexity index is 168. The molecule has 2 fully saturated rings. The van der Waals surface area contributed by atoms with Crippen LogP contribution in [0, 0.1) is 0 Å². The Hall–Kier alpha value is -0.120. The van der Waals surface area contributed by atoms with Crippen molar-refractivity contribution in [3.05, 3.63) is 0 Å². The molecule has 1 aliphatic carbocycles. The summed E-state index contributed by atoms with van der Waals surface area (Å²) in [5.74, 6) is 0. The quantitative estimate of drug-likeness (QED) is 0.671. The number of likely N-dealkylation sites (tertiary alicyclic amines) is 1. The summed E-state index contributed by atoms with van der Waals surface area (Å²) >= 11 is 0. The van der Waals surface area contributed by atoms with E-state index in [0.717, 1.165) is 25.2 Å². The van der Waals surface area contributed by atoms with Gasteiger partial charge in [-0.2, -0.15) is 0 Å². The molecule has 0 spiro atoms. The van der Waals surface area contributed by atoms with Gasteiger partial charge in [0.05, 0.1) is 0 Å². The van der Waals surface area contributed by atoms with E-state index < -0.39 is 0 Å². The van der Waals surface area contributed by atoms with Crippen LogP contribution in [0.4, 0.5) is 0 Å². The second-order valence-corrected chi connectivity index (χ2v) is 4.43. The van der Waals surface area contributed by atoms with Crippen LogP contribution in [-0.2, 0) is 0 Å². The molecule has 2 aliphatic rings. The maximum atomic E-state index is 5.55. The zero-order valence-corrected chi connectivity index (χ0v) is 8.58. The molecule has 2 N–H and O–H groups in total. The zero-order chi connectivity index (χ0) is 9.26. The van der Waals surface area contributed by atoms with Gasteiger partial charge >= 0.3 is 0 Å². The molecule has 1 saturated heterocycles. The van der Waals surface area contributed by atoms with Crippen LogP contribution in [0.15, 0.2) is 0 Å². The van der Waals surface area contributed by atoms with Gasteiger partial charge in [-0.25, -0.2) is 0 Å². The second kappa shape index (κ2) is 3.95. The van der Waals surface area contributed by atoms with E-state index in [9.17, 15) is 0 Å². The fourth-order valence-electron chi connectivity index (χ4n) is 2.31. The third kappa shape index (κ3) is 2.22. The van der Waals surface area contributed by atoms with Crippen LogP contribution in [0.1, 0.15) is 19.3 Å². The van der Waals surface area contributed by atoms with Gasteiger partial charge in [0.2, 0.25) is 0 Å². The average molecular weight is 183 g/mol. The van der Waals surface area contributed by atoms with Crippen molar-refractivity contribution in [3.8, 4) is 0 Å². The fourth-order valence-corrected chi connectivity index (χ4v) is 2.31. The van der Waals surface area contributed by atoms with Crippen LogP contribution in [0.2, 0.25) is 0 Å². The number of rotatable bonds is 4. The highest BCUT2D eigenvalue weighted by molar-refractivity contribution is 4.90. The minimum Gasteiger partial charge on any atom is -0.329 e. The summed E-state index contributed by atoms with van der Waals surface area (Å²) in [7, 11) is 2.29. The molecule has 1 heterocycles. The van der Waals surface area contributed by atoms with Gasteiger partial charge in [-0.3, -0.25) is 4.90 Å². The monoisotopic (exact) mass is 183 g/mol. The molecule has 1 atom stereocenters. The molecule has 0 amide bonds. The van der Waals surface area contributed by atoms with Gasteiger partial charge < -0.3 is 10.6 Å². The van der Waals surface area contributed by atoms with Crippen molar-refractivity contribution < 1.29 is 0 Å². The van der Waals surface area contributed by atoms with Crippen molar-refractivity contribution in [2.24, 2.45) is 5.73 Å². The van der Waals surface area contributed by atoms with Crippen molar-refractivity contribution in [1.29, 1.82) is 0 Å². The van der Waals surface area contributed by atoms with Crippen LogP contribution in [-0.4, -0.2) is 55.1 Å². The molecule has 2 rings (SSSR count). The molecule has 76 valence electrons. The van der Waals surface area contributed by atoms with Gasteiger partial charge in [0.1, 0.15) is 0 Å². The van der Waals surface area contributed by atoms with Crippen molar-refractivity contribution in [2.45, 2.75) is 31.3 Å². The Kier molecular flexibility index (Phi) is 2.86. The molecule has 0 aromatic carbocycles. The Morgan fingerprint density at radius 1 is 1.31 bits per heavy atom. The molecule has 0 unspecified atom stereocenters. The molecular weight excluding hydrogens is 162 g/mol. The Morgan fingerprint density at radius 3 is 2.69 bits per heavy atom. The maximum Gasteiger partial charge on any atom is 0.0235 e. The first-order valence-corrected chi connectivity index (χ1v) is 5.45. The fraction of sp³-hybridized carbons (Fsp3) is 1.00. The van der Waals surface area contributed by atoms with Crippen molar-refractivity contribution in [1.82, 2.24) is 9.80 Å². The molecule has 0 radical (unpaired) electrons. The third-order valence-corrected chi connectivity index (χ3v) is 3.39. The predicted molar refractivity (Wildman–Crippen MR) is 54.7 cm³/mol. The molecule has 0 bridgehead atoms. The van der Waals surface area contributed by atoms with Gasteiger partial charge in [-0.05, 0) is 32.9 Å². The average Bonchev–Trinajstić information content (AvgIpc) is 2.87. The Balaban J connectivity index is 1.76. The maximum absolute atomic E-state index is 5.55. The zero-order valence-electron chi connectivity index (χ0n) is 8.58. The molecule has 1 aliphatic heterocycles. The third-order valence-electron chi connectivity index (χ3n) is 3.39. The summed E-state index contributed by atoms with van der Waals surface area (Å²) in [5.41, 5.74) is 5.55. The first kappa shape index (κ1) is 9.44. The largest absolute Gasteiger partial charge is 0.329 e. The Morgan fingerprint density at radius 2 is 2.08 bits per heavy atom. The molecule has 0 aromatic heterocycles. The van der Waals surface area contributed by atoms with Gasteiger partial charge in [0.25, 0.3) is 0 Å².